The van der Waals surface area contributed by atoms with Gasteiger partial charge in [0.15, 0.2) is 0 Å². The number of carbonyl (C=O) groups is 1. The van der Waals surface area contributed by atoms with E-state index in [-0.39, 0.29) is 11.9 Å². The third kappa shape index (κ3) is 4.04. The van der Waals surface area contributed by atoms with Gasteiger partial charge in [-0.15, -0.1) is 0 Å². The van der Waals surface area contributed by atoms with Crippen LogP contribution in [0, 0.1) is 5.92 Å². The van der Waals surface area contributed by atoms with Crippen LogP contribution in [0.5, 0.6) is 0 Å². The van der Waals surface area contributed by atoms with E-state index in [9.17, 15) is 4.79 Å². The molecule has 1 saturated carbocycles. The molecule has 28 heavy (non-hydrogen) atoms. The van der Waals surface area contributed by atoms with E-state index in [0.717, 1.165) is 16.7 Å². The van der Waals surface area contributed by atoms with E-state index >= 15 is 0 Å². The minimum Gasteiger partial charge on any atom is -0.366 e. The van der Waals surface area contributed by atoms with Gasteiger partial charge in [0.2, 0.25) is 0 Å². The van der Waals surface area contributed by atoms with Crippen LogP contribution < -0.4 is 5.32 Å². The van der Waals surface area contributed by atoms with Crippen molar-refractivity contribution in [2.45, 2.75) is 44.6 Å². The molecule has 1 heterocycles. The largest absolute Gasteiger partial charge is 0.366 e. The van der Waals surface area contributed by atoms with E-state index in [0.29, 0.717) is 11.8 Å². The molecule has 0 unspecified atom stereocenters. The number of hydrogen-bond donors (Lipinski definition) is 2. The molecular weight excluding hydrogens is 344 g/mol. The standard InChI is InChI=1S/C25H28N2O/c1-18(19-12-14-21(15-13-19)20-8-4-2-5-9-20)27-25(28)24-17-26-16-23(24)22-10-6-3-7-11-22/h2-11,16-19,21,26H,12-15H2,1H3,(H,27,28)/t18-,19?,21?/m0/s1. The number of rotatable bonds is 5. The Morgan fingerprint density at radius 1 is 0.929 bits per heavy atom. The van der Waals surface area contributed by atoms with E-state index in [1.54, 1.807) is 6.20 Å². The molecule has 1 aliphatic rings. The van der Waals surface area contributed by atoms with Gasteiger partial charge in [0.05, 0.1) is 5.56 Å². The molecule has 1 aliphatic carbocycles. The molecule has 3 aromatic rings. The first-order valence-electron chi connectivity index (χ1n) is 10.3. The molecule has 1 aromatic heterocycles. The van der Waals surface area contributed by atoms with Crippen molar-refractivity contribution in [3.63, 3.8) is 0 Å². The predicted molar refractivity (Wildman–Crippen MR) is 114 cm³/mol. The molecule has 1 atom stereocenters. The summed E-state index contributed by atoms with van der Waals surface area (Å²) in [6, 6.07) is 21.1. The van der Waals surface area contributed by atoms with Gasteiger partial charge >= 0.3 is 0 Å². The van der Waals surface area contributed by atoms with Crippen LogP contribution in [0.2, 0.25) is 0 Å². The Kier molecular flexibility index (Phi) is 5.61. The van der Waals surface area contributed by atoms with Crippen LogP contribution in [-0.4, -0.2) is 16.9 Å². The van der Waals surface area contributed by atoms with Crippen LogP contribution in [-0.2, 0) is 0 Å². The molecule has 1 fully saturated rings. The highest BCUT2D eigenvalue weighted by Gasteiger charge is 2.27. The lowest BCUT2D eigenvalue weighted by Crippen LogP contribution is -2.39. The number of benzene rings is 2. The van der Waals surface area contributed by atoms with E-state index in [1.165, 1.54) is 31.2 Å². The van der Waals surface area contributed by atoms with Crippen molar-refractivity contribution in [2.24, 2.45) is 5.92 Å². The first kappa shape index (κ1) is 18.5. The van der Waals surface area contributed by atoms with Gasteiger partial charge in [-0.2, -0.15) is 0 Å². The molecular formula is C25H28N2O. The van der Waals surface area contributed by atoms with Gasteiger partial charge in [0.1, 0.15) is 0 Å². The van der Waals surface area contributed by atoms with Gasteiger partial charge in [-0.25, -0.2) is 0 Å². The van der Waals surface area contributed by atoms with Crippen molar-refractivity contribution < 1.29 is 4.79 Å². The van der Waals surface area contributed by atoms with E-state index in [4.69, 9.17) is 0 Å². The second kappa shape index (κ2) is 8.47. The lowest BCUT2D eigenvalue weighted by molar-refractivity contribution is 0.0918. The summed E-state index contributed by atoms with van der Waals surface area (Å²) in [5, 5.41) is 3.26. The quantitative estimate of drug-likeness (QED) is 0.586. The number of hydrogen-bond acceptors (Lipinski definition) is 1. The maximum Gasteiger partial charge on any atom is 0.253 e. The Bertz CT molecular complexity index is 893. The second-order valence-electron chi connectivity index (χ2n) is 7.93. The van der Waals surface area contributed by atoms with Crippen molar-refractivity contribution in [3.8, 4) is 11.1 Å². The Labute approximate surface area is 167 Å². The molecule has 4 rings (SSSR count). The van der Waals surface area contributed by atoms with Crippen LogP contribution in [0.4, 0.5) is 0 Å². The topological polar surface area (TPSA) is 44.9 Å². The lowest BCUT2D eigenvalue weighted by atomic mass is 9.76. The maximum atomic E-state index is 12.9. The van der Waals surface area contributed by atoms with Crippen molar-refractivity contribution in [1.82, 2.24) is 10.3 Å². The van der Waals surface area contributed by atoms with Crippen LogP contribution in [0.15, 0.2) is 73.1 Å². The molecule has 0 bridgehead atoms. The average Bonchev–Trinajstić information content (AvgIpc) is 3.25. The third-order valence-electron chi connectivity index (χ3n) is 6.18. The first-order valence-corrected chi connectivity index (χ1v) is 10.3. The summed E-state index contributed by atoms with van der Waals surface area (Å²) in [6.07, 6.45) is 8.44. The summed E-state index contributed by atoms with van der Waals surface area (Å²) >= 11 is 0. The van der Waals surface area contributed by atoms with Crippen molar-refractivity contribution in [3.05, 3.63) is 84.2 Å². The van der Waals surface area contributed by atoms with Crippen molar-refractivity contribution in [2.75, 3.05) is 0 Å². The summed E-state index contributed by atoms with van der Waals surface area (Å²) in [7, 11) is 0. The molecule has 0 radical (unpaired) electrons. The number of amides is 1. The molecule has 0 aliphatic heterocycles. The summed E-state index contributed by atoms with van der Waals surface area (Å²) in [5.41, 5.74) is 4.19. The fourth-order valence-electron chi connectivity index (χ4n) is 4.49. The van der Waals surface area contributed by atoms with Crippen LogP contribution in [0.25, 0.3) is 11.1 Å². The minimum atomic E-state index is 0.0118. The number of aromatic nitrogens is 1. The van der Waals surface area contributed by atoms with Gasteiger partial charge in [0.25, 0.3) is 5.91 Å². The molecule has 3 heteroatoms. The Balaban J connectivity index is 1.37. The first-order chi connectivity index (χ1) is 13.7. The lowest BCUT2D eigenvalue weighted by Gasteiger charge is -2.33. The van der Waals surface area contributed by atoms with E-state index < -0.39 is 0 Å². The highest BCUT2D eigenvalue weighted by atomic mass is 16.1. The Hall–Kier alpha value is -2.81. The Morgan fingerprint density at radius 3 is 2.25 bits per heavy atom. The number of H-pyrrole nitrogens is 1. The van der Waals surface area contributed by atoms with Gasteiger partial charge < -0.3 is 10.3 Å². The highest BCUT2D eigenvalue weighted by molar-refractivity contribution is 6.00. The fraction of sp³-hybridized carbons (Fsp3) is 0.320. The fourth-order valence-corrected chi connectivity index (χ4v) is 4.49. The molecule has 0 spiro atoms. The van der Waals surface area contributed by atoms with Crippen LogP contribution in [0.3, 0.4) is 0 Å². The molecule has 3 nitrogen and oxygen atoms in total. The number of carbonyl (C=O) groups excluding carboxylic acids is 1. The van der Waals surface area contributed by atoms with E-state index in [2.05, 4.69) is 47.6 Å². The number of nitrogens with one attached hydrogen (secondary N) is 2. The number of aromatic amines is 1. The smallest absolute Gasteiger partial charge is 0.253 e. The van der Waals surface area contributed by atoms with Gasteiger partial charge in [-0.1, -0.05) is 60.7 Å². The summed E-state index contributed by atoms with van der Waals surface area (Å²) in [6.45, 7) is 2.15. The SMILES string of the molecule is C[C@H](NC(=O)c1c[nH]cc1-c1ccccc1)C1CCC(c2ccccc2)CC1. The second-order valence-corrected chi connectivity index (χ2v) is 7.93. The van der Waals surface area contributed by atoms with Gasteiger partial charge in [-0.05, 0) is 55.6 Å². The Morgan fingerprint density at radius 2 is 1.57 bits per heavy atom. The monoisotopic (exact) mass is 372 g/mol. The van der Waals surface area contributed by atoms with Crippen molar-refractivity contribution in [1.29, 1.82) is 0 Å². The zero-order valence-electron chi connectivity index (χ0n) is 16.4. The van der Waals surface area contributed by atoms with Crippen LogP contribution in [0.1, 0.15) is 54.4 Å². The average molecular weight is 373 g/mol. The van der Waals surface area contributed by atoms with E-state index in [1.807, 2.05) is 36.5 Å². The molecule has 144 valence electrons. The molecule has 0 saturated heterocycles. The van der Waals surface area contributed by atoms with Gasteiger partial charge in [-0.3, -0.25) is 4.79 Å². The highest BCUT2D eigenvalue weighted by Crippen LogP contribution is 2.37. The predicted octanol–water partition coefficient (Wildman–Crippen LogP) is 5.77. The molecule has 1 amide bonds. The summed E-state index contributed by atoms with van der Waals surface area (Å²) < 4.78 is 0. The zero-order chi connectivity index (χ0) is 19.3. The van der Waals surface area contributed by atoms with Gasteiger partial charge in [0, 0.05) is 24.0 Å². The normalized spacial score (nSPS) is 20.5. The van der Waals surface area contributed by atoms with Crippen LogP contribution >= 0.6 is 0 Å². The minimum absolute atomic E-state index is 0.0118. The van der Waals surface area contributed by atoms with Crippen molar-refractivity contribution >= 4 is 5.91 Å². The zero-order valence-corrected chi connectivity index (χ0v) is 16.4. The summed E-state index contributed by atoms with van der Waals surface area (Å²) in [5.74, 6) is 1.22. The molecule has 2 N–H and O–H groups in total. The summed E-state index contributed by atoms with van der Waals surface area (Å²) in [4.78, 5) is 16.0. The molecule has 2 aromatic carbocycles. The third-order valence-corrected chi connectivity index (χ3v) is 6.18. The maximum absolute atomic E-state index is 12.9.